The lowest BCUT2D eigenvalue weighted by molar-refractivity contribution is 0.0933. The van der Waals surface area contributed by atoms with Crippen molar-refractivity contribution in [1.29, 1.82) is 0 Å². The first-order valence-corrected chi connectivity index (χ1v) is 7.84. The molecule has 1 amide bonds. The molecule has 140 valence electrons. The predicted octanol–water partition coefficient (Wildman–Crippen LogP) is 1.69. The largest absolute Gasteiger partial charge is 0.454 e. The van der Waals surface area contributed by atoms with Crippen LogP contribution in [0.15, 0.2) is 35.0 Å². The van der Waals surface area contributed by atoms with Crippen LogP contribution in [0.2, 0.25) is 0 Å². The van der Waals surface area contributed by atoms with E-state index in [2.05, 4.69) is 26.8 Å². The number of carbonyl (C=O) groups excluding carboxylic acids is 1. The number of imidazole rings is 1. The first-order chi connectivity index (χ1) is 11.7. The third-order valence-corrected chi connectivity index (χ3v) is 4.05. The normalized spacial score (nSPS) is 12.7. The van der Waals surface area contributed by atoms with Crippen LogP contribution >= 0.6 is 24.8 Å². The number of halogens is 2. The fourth-order valence-electron chi connectivity index (χ4n) is 2.85. The Labute approximate surface area is 162 Å². The van der Waals surface area contributed by atoms with Crippen LogP contribution in [0.4, 0.5) is 0 Å². The van der Waals surface area contributed by atoms with Crippen LogP contribution in [-0.2, 0) is 19.6 Å². The lowest BCUT2D eigenvalue weighted by atomic mass is 10.3. The summed E-state index contributed by atoms with van der Waals surface area (Å²) in [4.78, 5) is 16.0. The summed E-state index contributed by atoms with van der Waals surface area (Å²) in [5, 5.41) is 10.5. The molecule has 10 heteroatoms. The Morgan fingerprint density at radius 3 is 3.00 bits per heavy atom. The molecule has 0 unspecified atom stereocenters. The zero-order valence-electron chi connectivity index (χ0n) is 14.1. The summed E-state index contributed by atoms with van der Waals surface area (Å²) < 4.78 is 9.57. The summed E-state index contributed by atoms with van der Waals surface area (Å²) in [6.07, 6.45) is 3.63. The zero-order chi connectivity index (χ0) is 16.5. The second-order valence-electron chi connectivity index (χ2n) is 5.64. The highest BCUT2D eigenvalue weighted by atomic mass is 35.5. The van der Waals surface area contributed by atoms with Gasteiger partial charge in [-0.3, -0.25) is 9.48 Å². The third-order valence-electron chi connectivity index (χ3n) is 4.05. The van der Waals surface area contributed by atoms with Crippen LogP contribution in [-0.4, -0.2) is 38.8 Å². The molecule has 4 heterocycles. The van der Waals surface area contributed by atoms with Crippen molar-refractivity contribution in [2.45, 2.75) is 19.6 Å². The van der Waals surface area contributed by atoms with Crippen molar-refractivity contribution in [3.8, 4) is 11.5 Å². The van der Waals surface area contributed by atoms with Crippen molar-refractivity contribution in [2.75, 3.05) is 13.6 Å². The number of aromatic nitrogens is 4. The summed E-state index contributed by atoms with van der Waals surface area (Å²) in [6, 6.07) is 5.53. The number of furan rings is 1. The maximum atomic E-state index is 11.6. The highest BCUT2D eigenvalue weighted by molar-refractivity contribution is 5.91. The lowest BCUT2D eigenvalue weighted by Gasteiger charge is -2.13. The van der Waals surface area contributed by atoms with Gasteiger partial charge in [-0.1, -0.05) is 0 Å². The minimum Gasteiger partial charge on any atom is -0.454 e. The maximum absolute atomic E-state index is 11.6. The summed E-state index contributed by atoms with van der Waals surface area (Å²) in [5.41, 5.74) is 2.00. The fourth-order valence-corrected chi connectivity index (χ4v) is 2.85. The predicted molar refractivity (Wildman–Crippen MR) is 101 cm³/mol. The molecule has 0 saturated carbocycles. The molecule has 0 fully saturated rings. The molecule has 0 aromatic carbocycles. The van der Waals surface area contributed by atoms with Crippen LogP contribution in [0.1, 0.15) is 22.0 Å². The van der Waals surface area contributed by atoms with Gasteiger partial charge in [-0.25, -0.2) is 4.98 Å². The number of rotatable bonds is 4. The standard InChI is InChI=1S/C16H18N6O2.2ClH/c1-17-16(23)14-3-2-12(24-14)10-21-6-5-19-15(21)13-8-11-9-18-4-7-22(11)20-13;;/h2-3,5-6,8,18H,4,7,9-10H2,1H3,(H,17,23);2*1H. The summed E-state index contributed by atoms with van der Waals surface area (Å²) >= 11 is 0. The topological polar surface area (TPSA) is 89.9 Å². The van der Waals surface area contributed by atoms with Crippen LogP contribution < -0.4 is 10.6 Å². The van der Waals surface area contributed by atoms with Gasteiger partial charge in [-0.2, -0.15) is 5.10 Å². The van der Waals surface area contributed by atoms with Gasteiger partial charge in [-0.15, -0.1) is 24.8 Å². The number of hydrogen-bond donors (Lipinski definition) is 2. The van der Waals surface area contributed by atoms with E-state index in [4.69, 9.17) is 4.42 Å². The van der Waals surface area contributed by atoms with E-state index < -0.39 is 0 Å². The molecule has 2 N–H and O–H groups in total. The summed E-state index contributed by atoms with van der Waals surface area (Å²) in [5.74, 6) is 1.55. The number of nitrogens with one attached hydrogen (secondary N) is 2. The van der Waals surface area contributed by atoms with E-state index in [1.54, 1.807) is 25.4 Å². The molecule has 1 aliphatic heterocycles. The number of hydrogen-bond acceptors (Lipinski definition) is 5. The molecule has 1 aliphatic rings. The molecule has 8 nitrogen and oxygen atoms in total. The molecular formula is C16H20Cl2N6O2. The monoisotopic (exact) mass is 398 g/mol. The third kappa shape index (κ3) is 3.77. The van der Waals surface area contributed by atoms with Gasteiger partial charge in [0.2, 0.25) is 0 Å². The summed E-state index contributed by atoms with van der Waals surface area (Å²) in [6.45, 7) is 3.11. The van der Waals surface area contributed by atoms with Crippen molar-refractivity contribution in [3.63, 3.8) is 0 Å². The molecule has 0 atom stereocenters. The molecule has 3 aromatic rings. The Balaban J connectivity index is 0.00000121. The van der Waals surface area contributed by atoms with Gasteiger partial charge < -0.3 is 19.6 Å². The first kappa shape index (κ1) is 20.0. The Hall–Kier alpha value is -2.29. The van der Waals surface area contributed by atoms with Gasteiger partial charge in [0, 0.05) is 32.5 Å². The average molecular weight is 399 g/mol. The quantitative estimate of drug-likeness (QED) is 0.697. The van der Waals surface area contributed by atoms with Crippen molar-refractivity contribution in [1.82, 2.24) is 30.0 Å². The van der Waals surface area contributed by atoms with E-state index in [1.165, 1.54) is 0 Å². The molecule has 3 aromatic heterocycles. The number of nitrogens with zero attached hydrogens (tertiary/aromatic N) is 4. The fraction of sp³-hybridized carbons (Fsp3) is 0.312. The number of fused-ring (bicyclic) bond motifs is 1. The molecule has 0 bridgehead atoms. The van der Waals surface area contributed by atoms with Crippen molar-refractivity contribution < 1.29 is 9.21 Å². The second kappa shape index (κ2) is 8.39. The minimum absolute atomic E-state index is 0. The smallest absolute Gasteiger partial charge is 0.286 e. The van der Waals surface area contributed by atoms with Crippen molar-refractivity contribution in [2.24, 2.45) is 0 Å². The highest BCUT2D eigenvalue weighted by Gasteiger charge is 2.17. The van der Waals surface area contributed by atoms with E-state index in [0.717, 1.165) is 36.8 Å². The van der Waals surface area contributed by atoms with E-state index in [-0.39, 0.29) is 30.7 Å². The van der Waals surface area contributed by atoms with Crippen LogP contribution in [0, 0.1) is 0 Å². The number of carbonyl (C=O) groups is 1. The van der Waals surface area contributed by atoms with Crippen LogP contribution in [0.25, 0.3) is 11.5 Å². The van der Waals surface area contributed by atoms with E-state index in [1.807, 2.05) is 15.4 Å². The zero-order valence-corrected chi connectivity index (χ0v) is 15.8. The van der Waals surface area contributed by atoms with E-state index in [0.29, 0.717) is 18.1 Å². The SMILES string of the molecule is CNC(=O)c1ccc(Cn2ccnc2-c2cc3n(n2)CCNC3)o1.Cl.Cl. The molecule has 4 rings (SSSR count). The highest BCUT2D eigenvalue weighted by Crippen LogP contribution is 2.20. The molecule has 0 spiro atoms. The Kier molecular flexibility index (Phi) is 6.47. The van der Waals surface area contributed by atoms with Crippen molar-refractivity contribution in [3.05, 3.63) is 47.8 Å². The average Bonchev–Trinajstić information content (AvgIpc) is 3.33. The molecule has 26 heavy (non-hydrogen) atoms. The van der Waals surface area contributed by atoms with Crippen LogP contribution in [0.3, 0.4) is 0 Å². The molecule has 0 aliphatic carbocycles. The Bertz CT molecular complexity index is 862. The van der Waals surface area contributed by atoms with E-state index in [9.17, 15) is 4.79 Å². The van der Waals surface area contributed by atoms with E-state index >= 15 is 0 Å². The van der Waals surface area contributed by atoms with Crippen molar-refractivity contribution >= 4 is 30.7 Å². The maximum Gasteiger partial charge on any atom is 0.286 e. The van der Waals surface area contributed by atoms with Gasteiger partial charge in [-0.05, 0) is 18.2 Å². The molecule has 0 radical (unpaired) electrons. The first-order valence-electron chi connectivity index (χ1n) is 7.84. The number of amides is 1. The molecular weight excluding hydrogens is 379 g/mol. The van der Waals surface area contributed by atoms with Gasteiger partial charge in [0.25, 0.3) is 5.91 Å². The lowest BCUT2D eigenvalue weighted by Crippen LogP contribution is -2.28. The van der Waals surface area contributed by atoms with Gasteiger partial charge >= 0.3 is 0 Å². The summed E-state index contributed by atoms with van der Waals surface area (Å²) in [7, 11) is 1.58. The van der Waals surface area contributed by atoms with Crippen LogP contribution in [0.5, 0.6) is 0 Å². The Morgan fingerprint density at radius 1 is 1.38 bits per heavy atom. The molecule has 0 saturated heterocycles. The second-order valence-corrected chi connectivity index (χ2v) is 5.64. The van der Waals surface area contributed by atoms with Gasteiger partial charge in [0.15, 0.2) is 11.6 Å². The van der Waals surface area contributed by atoms with Gasteiger partial charge in [0.1, 0.15) is 11.5 Å². The minimum atomic E-state index is -0.235. The Morgan fingerprint density at radius 2 is 2.23 bits per heavy atom. The van der Waals surface area contributed by atoms with Gasteiger partial charge in [0.05, 0.1) is 18.8 Å².